The Morgan fingerprint density at radius 3 is 2.52 bits per heavy atom. The van der Waals surface area contributed by atoms with E-state index in [2.05, 4.69) is 23.5 Å². The van der Waals surface area contributed by atoms with Crippen molar-refractivity contribution in [3.05, 3.63) is 46.5 Å². The zero-order chi connectivity index (χ0) is 18.1. The fourth-order valence-electron chi connectivity index (χ4n) is 3.69. The second kappa shape index (κ2) is 8.07. The number of fused-ring (bicyclic) bond motifs is 2. The number of ether oxygens (including phenoxy) is 4. The normalized spacial score (nSPS) is 17.1. The van der Waals surface area contributed by atoms with Gasteiger partial charge in [0, 0.05) is 6.04 Å². The lowest BCUT2D eigenvalue weighted by molar-refractivity contribution is 0.174. The lowest BCUT2D eigenvalue weighted by Gasteiger charge is -2.20. The van der Waals surface area contributed by atoms with Crippen LogP contribution in [0.4, 0.5) is 0 Å². The van der Waals surface area contributed by atoms with Gasteiger partial charge in [0.05, 0.1) is 14.2 Å². The number of hydrogen-bond donors (Lipinski definition) is 1. The Morgan fingerprint density at radius 2 is 1.85 bits per heavy atom. The quantitative estimate of drug-likeness (QED) is 0.801. The first kappa shape index (κ1) is 19.3. The molecule has 7 heteroatoms. The summed E-state index contributed by atoms with van der Waals surface area (Å²) in [6.45, 7) is 1.09. The van der Waals surface area contributed by atoms with Gasteiger partial charge < -0.3 is 24.3 Å². The van der Waals surface area contributed by atoms with Crippen LogP contribution in [0.1, 0.15) is 28.3 Å². The maximum Gasteiger partial charge on any atom is 0.231 e. The Morgan fingerprint density at radius 1 is 1.11 bits per heavy atom. The summed E-state index contributed by atoms with van der Waals surface area (Å²) in [5.74, 6) is 2.64. The molecule has 2 heterocycles. The first-order chi connectivity index (χ1) is 12.7. The Labute approximate surface area is 168 Å². The number of benzene rings is 2. The monoisotopic (exact) mass is 432 g/mol. The van der Waals surface area contributed by atoms with Crippen LogP contribution in [0.5, 0.6) is 23.0 Å². The molecule has 0 amide bonds. The number of halogens is 1. The van der Waals surface area contributed by atoms with Crippen LogP contribution in [0.2, 0.25) is 0 Å². The molecule has 1 atom stereocenters. The molecule has 0 saturated heterocycles. The number of nitrogens with zero attached hydrogens (tertiary/aromatic N) is 1. The van der Waals surface area contributed by atoms with Crippen molar-refractivity contribution in [3.8, 4) is 29.1 Å². The van der Waals surface area contributed by atoms with Crippen LogP contribution in [0, 0.1) is 11.3 Å². The third kappa shape index (κ3) is 3.43. The lowest BCUT2D eigenvalue weighted by atomic mass is 9.93. The second-order valence-electron chi connectivity index (χ2n) is 6.31. The summed E-state index contributed by atoms with van der Waals surface area (Å²) >= 11 is 0. The van der Waals surface area contributed by atoms with Crippen molar-refractivity contribution in [1.82, 2.24) is 5.32 Å². The van der Waals surface area contributed by atoms with E-state index in [1.165, 1.54) is 11.1 Å². The number of hydrogen-bond acceptors (Lipinski definition) is 6. The van der Waals surface area contributed by atoms with Gasteiger partial charge in [0.1, 0.15) is 11.6 Å². The Balaban J connectivity index is 0.00000210. The molecule has 142 valence electrons. The molecule has 0 aromatic heterocycles. The summed E-state index contributed by atoms with van der Waals surface area (Å²) in [6, 6.07) is 10.2. The molecule has 4 rings (SSSR count). The molecule has 6 nitrogen and oxygen atoms in total. The average Bonchev–Trinajstić information content (AvgIpc) is 3.02. The van der Waals surface area contributed by atoms with Crippen LogP contribution in [0.15, 0.2) is 24.3 Å². The van der Waals surface area contributed by atoms with E-state index in [-0.39, 0.29) is 29.8 Å². The first-order valence-electron chi connectivity index (χ1n) is 8.55. The van der Waals surface area contributed by atoms with Crippen LogP contribution >= 0.6 is 17.0 Å². The molecule has 0 spiro atoms. The summed E-state index contributed by atoms with van der Waals surface area (Å²) in [5.41, 5.74) is 3.88. The van der Waals surface area contributed by atoms with Gasteiger partial charge in [0.25, 0.3) is 0 Å². The molecule has 0 fully saturated rings. The standard InChI is InChI=1S/C20H20N2O4.BrH/c1-23-17-4-3-14(15(10-21)20(17)24-2)16-7-13-9-19-18(25-11-26-19)8-12(13)5-6-22-16;/h3-4,8-9,16,22H,5-7,11H2,1-2H3;1H. The Kier molecular flexibility index (Phi) is 5.78. The molecule has 27 heavy (non-hydrogen) atoms. The Hall–Kier alpha value is -2.43. The minimum Gasteiger partial charge on any atom is -0.493 e. The van der Waals surface area contributed by atoms with Crippen molar-refractivity contribution in [1.29, 1.82) is 5.26 Å². The van der Waals surface area contributed by atoms with Gasteiger partial charge in [-0.15, -0.1) is 17.0 Å². The van der Waals surface area contributed by atoms with Gasteiger partial charge in [-0.3, -0.25) is 0 Å². The van der Waals surface area contributed by atoms with Crippen molar-refractivity contribution in [3.63, 3.8) is 0 Å². The van der Waals surface area contributed by atoms with Crippen LogP contribution < -0.4 is 24.3 Å². The van der Waals surface area contributed by atoms with Gasteiger partial charge in [0.2, 0.25) is 6.79 Å². The van der Waals surface area contributed by atoms with Gasteiger partial charge in [0.15, 0.2) is 23.0 Å². The average molecular weight is 433 g/mol. The Bertz CT molecular complexity index is 895. The number of methoxy groups -OCH3 is 2. The van der Waals surface area contributed by atoms with Gasteiger partial charge in [-0.25, -0.2) is 0 Å². The number of rotatable bonds is 3. The minimum absolute atomic E-state index is 0. The zero-order valence-corrected chi connectivity index (χ0v) is 16.9. The molecular formula is C20H21BrN2O4. The summed E-state index contributed by atoms with van der Waals surface area (Å²) in [7, 11) is 3.13. The van der Waals surface area contributed by atoms with E-state index in [9.17, 15) is 5.26 Å². The van der Waals surface area contributed by atoms with Gasteiger partial charge in [-0.1, -0.05) is 6.07 Å². The summed E-state index contributed by atoms with van der Waals surface area (Å²) in [5, 5.41) is 13.3. The number of nitrogens with one attached hydrogen (secondary N) is 1. The lowest BCUT2D eigenvalue weighted by Crippen LogP contribution is -2.24. The van der Waals surface area contributed by atoms with Gasteiger partial charge >= 0.3 is 0 Å². The smallest absolute Gasteiger partial charge is 0.231 e. The highest BCUT2D eigenvalue weighted by molar-refractivity contribution is 8.93. The third-order valence-electron chi connectivity index (χ3n) is 4.97. The maximum absolute atomic E-state index is 9.72. The summed E-state index contributed by atoms with van der Waals surface area (Å²) in [6.07, 6.45) is 1.66. The van der Waals surface area contributed by atoms with Crippen molar-refractivity contribution < 1.29 is 18.9 Å². The van der Waals surface area contributed by atoms with Crippen LogP contribution in [-0.2, 0) is 12.8 Å². The van der Waals surface area contributed by atoms with Crippen molar-refractivity contribution in [2.75, 3.05) is 27.6 Å². The van der Waals surface area contributed by atoms with E-state index in [1.54, 1.807) is 14.2 Å². The zero-order valence-electron chi connectivity index (χ0n) is 15.2. The fourth-order valence-corrected chi connectivity index (χ4v) is 3.69. The first-order valence-corrected chi connectivity index (χ1v) is 8.55. The van der Waals surface area contributed by atoms with Crippen molar-refractivity contribution in [2.24, 2.45) is 0 Å². The molecule has 0 aliphatic carbocycles. The number of nitriles is 1. The van der Waals surface area contributed by atoms with E-state index in [0.717, 1.165) is 36.4 Å². The third-order valence-corrected chi connectivity index (χ3v) is 4.97. The highest BCUT2D eigenvalue weighted by Gasteiger charge is 2.26. The van der Waals surface area contributed by atoms with E-state index >= 15 is 0 Å². The van der Waals surface area contributed by atoms with Crippen LogP contribution in [0.3, 0.4) is 0 Å². The molecule has 2 aliphatic rings. The van der Waals surface area contributed by atoms with Gasteiger partial charge in [-0.05, 0) is 54.3 Å². The van der Waals surface area contributed by atoms with E-state index in [4.69, 9.17) is 18.9 Å². The van der Waals surface area contributed by atoms with Crippen molar-refractivity contribution >= 4 is 17.0 Å². The SMILES string of the molecule is Br.COc1ccc(C2Cc3cc4c(cc3CCN2)OCO4)c(C#N)c1OC. The molecule has 1 unspecified atom stereocenters. The van der Waals surface area contributed by atoms with Crippen molar-refractivity contribution in [2.45, 2.75) is 18.9 Å². The molecular weight excluding hydrogens is 412 g/mol. The largest absolute Gasteiger partial charge is 0.493 e. The molecule has 1 N–H and O–H groups in total. The van der Waals surface area contributed by atoms with Gasteiger partial charge in [-0.2, -0.15) is 5.26 Å². The molecule has 2 aromatic rings. The molecule has 2 aromatic carbocycles. The van der Waals surface area contributed by atoms with E-state index in [1.807, 2.05) is 12.1 Å². The summed E-state index contributed by atoms with van der Waals surface area (Å²) < 4.78 is 21.8. The second-order valence-corrected chi connectivity index (χ2v) is 6.31. The summed E-state index contributed by atoms with van der Waals surface area (Å²) in [4.78, 5) is 0. The molecule has 0 bridgehead atoms. The van der Waals surface area contributed by atoms with Crippen LogP contribution in [-0.4, -0.2) is 27.6 Å². The highest BCUT2D eigenvalue weighted by Crippen LogP contribution is 2.40. The molecule has 0 saturated carbocycles. The predicted molar refractivity (Wildman–Crippen MR) is 105 cm³/mol. The topological polar surface area (TPSA) is 72.7 Å². The molecule has 2 aliphatic heterocycles. The van der Waals surface area contributed by atoms with Crippen LogP contribution in [0.25, 0.3) is 0 Å². The van der Waals surface area contributed by atoms with E-state index in [0.29, 0.717) is 17.1 Å². The fraction of sp³-hybridized carbons (Fsp3) is 0.350. The maximum atomic E-state index is 9.72. The minimum atomic E-state index is 0. The highest BCUT2D eigenvalue weighted by atomic mass is 79.9. The predicted octanol–water partition coefficient (Wildman–Crippen LogP) is 3.31. The van der Waals surface area contributed by atoms with E-state index < -0.39 is 0 Å². The molecule has 0 radical (unpaired) electrons.